The van der Waals surface area contributed by atoms with Gasteiger partial charge in [-0.3, -0.25) is 4.79 Å². The largest absolute Gasteiger partial charge is 0.279 e. The Morgan fingerprint density at radius 2 is 2.12 bits per heavy atom. The summed E-state index contributed by atoms with van der Waals surface area (Å²) in [6, 6.07) is 0. The fourth-order valence-electron chi connectivity index (χ4n) is 0.395. The number of aliphatic imine (C=N–C) groups is 1. The molecule has 0 fully saturated rings. The van der Waals surface area contributed by atoms with Gasteiger partial charge in [-0.25, -0.2) is 4.99 Å². The fraction of sp³-hybridized carbons (Fsp3) is 0.500. The molecule has 1 rings (SSSR count). The predicted octanol–water partition coefficient (Wildman–Crippen LogP) is 1.47. The third-order valence-electron chi connectivity index (χ3n) is 0.992. The topological polar surface area (TPSA) is 29.4 Å². The van der Waals surface area contributed by atoms with Crippen molar-refractivity contribution >= 4 is 43.5 Å². The molecule has 2 nitrogen and oxygen atoms in total. The summed E-state index contributed by atoms with van der Waals surface area (Å²) in [7, 11) is 0. The zero-order valence-electron chi connectivity index (χ0n) is 4.11. The van der Waals surface area contributed by atoms with Crippen LogP contribution in [0, 0.1) is 0 Å². The molecule has 0 N–H and O–H groups in total. The maximum Gasteiger partial charge on any atom is 0.279 e. The van der Waals surface area contributed by atoms with E-state index in [-0.39, 0.29) is 5.91 Å². The molecule has 4 heteroatoms. The fourth-order valence-corrected chi connectivity index (χ4v) is 0.749. The van der Waals surface area contributed by atoms with Crippen LogP contribution in [0.25, 0.3) is 0 Å². The van der Waals surface area contributed by atoms with Gasteiger partial charge in [0.15, 0.2) is 3.23 Å². The van der Waals surface area contributed by atoms with E-state index in [1.807, 2.05) is 0 Å². The third kappa shape index (κ3) is 0.666. The van der Waals surface area contributed by atoms with Crippen molar-refractivity contribution in [3.63, 3.8) is 0 Å². The van der Waals surface area contributed by atoms with E-state index in [1.165, 1.54) is 0 Å². The van der Waals surface area contributed by atoms with Crippen molar-refractivity contribution < 1.29 is 4.79 Å². The number of carbonyl (C=O) groups excluding carboxylic acids is 1. The minimum absolute atomic E-state index is 0.157. The van der Waals surface area contributed by atoms with E-state index in [9.17, 15) is 4.79 Å². The summed E-state index contributed by atoms with van der Waals surface area (Å²) in [5.41, 5.74) is 0.780. The summed E-state index contributed by atoms with van der Waals surface area (Å²) in [6.45, 7) is 1.78. The molecule has 0 aliphatic carbocycles. The number of rotatable bonds is 0. The maximum atomic E-state index is 10.5. The number of amides is 1. The van der Waals surface area contributed by atoms with Crippen LogP contribution in [0.2, 0.25) is 0 Å². The lowest BCUT2D eigenvalue weighted by Gasteiger charge is -2.23. The Balaban J connectivity index is 2.93. The van der Waals surface area contributed by atoms with Gasteiger partial charge in [0.05, 0.1) is 5.71 Å². The molecule has 0 saturated carbocycles. The quantitative estimate of drug-likeness (QED) is 0.590. The van der Waals surface area contributed by atoms with Crippen molar-refractivity contribution in [3.8, 4) is 0 Å². The van der Waals surface area contributed by atoms with Crippen LogP contribution in [-0.2, 0) is 4.79 Å². The van der Waals surface area contributed by atoms with Crippen molar-refractivity contribution in [1.82, 2.24) is 0 Å². The number of hydrogen-bond donors (Lipinski definition) is 0. The summed E-state index contributed by atoms with van der Waals surface area (Å²) < 4.78 is -0.625. The normalized spacial score (nSPS) is 24.4. The van der Waals surface area contributed by atoms with Gasteiger partial charge in [0.1, 0.15) is 0 Å². The Bertz CT molecular complexity index is 173. The monoisotopic (exact) mass is 239 g/mol. The Labute approximate surface area is 63.6 Å². The van der Waals surface area contributed by atoms with Crippen molar-refractivity contribution in [2.75, 3.05) is 0 Å². The highest BCUT2D eigenvalue weighted by atomic mass is 79.9. The van der Waals surface area contributed by atoms with Crippen LogP contribution >= 0.6 is 31.9 Å². The van der Waals surface area contributed by atoms with E-state index in [0.717, 1.165) is 5.71 Å². The number of nitrogens with zero attached hydrogens (tertiary/aromatic N) is 1. The standard InChI is InChI=1S/C4H3Br2NO/c1-2-4(5,6)3(8)7-2/h1H3. The van der Waals surface area contributed by atoms with Crippen LogP contribution in [0.5, 0.6) is 0 Å². The number of halogens is 2. The second-order valence-corrected chi connectivity index (χ2v) is 5.02. The van der Waals surface area contributed by atoms with Crippen LogP contribution < -0.4 is 0 Å². The van der Waals surface area contributed by atoms with Gasteiger partial charge in [0, 0.05) is 0 Å². The van der Waals surface area contributed by atoms with E-state index in [4.69, 9.17) is 0 Å². The Morgan fingerprint density at radius 1 is 1.62 bits per heavy atom. The summed E-state index contributed by atoms with van der Waals surface area (Å²) in [5, 5.41) is 0. The molecule has 0 aromatic rings. The number of hydrogen-bond acceptors (Lipinski definition) is 1. The third-order valence-corrected chi connectivity index (χ3v) is 2.82. The molecule has 0 unspecified atom stereocenters. The van der Waals surface area contributed by atoms with Gasteiger partial charge in [0.2, 0.25) is 0 Å². The smallest absolute Gasteiger partial charge is 0.269 e. The van der Waals surface area contributed by atoms with Crippen LogP contribution in [0.15, 0.2) is 4.99 Å². The maximum absolute atomic E-state index is 10.5. The van der Waals surface area contributed by atoms with Gasteiger partial charge in [-0.2, -0.15) is 0 Å². The van der Waals surface area contributed by atoms with Crippen LogP contribution in [0.1, 0.15) is 6.92 Å². The highest BCUT2D eigenvalue weighted by Crippen LogP contribution is 2.35. The first kappa shape index (κ1) is 6.42. The lowest BCUT2D eigenvalue weighted by molar-refractivity contribution is -0.117. The zero-order valence-corrected chi connectivity index (χ0v) is 7.28. The molecule has 0 atom stereocenters. The molecule has 8 heavy (non-hydrogen) atoms. The average Bonchev–Trinajstić information content (AvgIpc) is 1.68. The predicted molar refractivity (Wildman–Crippen MR) is 38.7 cm³/mol. The van der Waals surface area contributed by atoms with Crippen molar-refractivity contribution in [2.45, 2.75) is 10.2 Å². The molecule has 0 bridgehead atoms. The first-order valence-electron chi connectivity index (χ1n) is 2.03. The number of alkyl halides is 2. The minimum atomic E-state index is -0.625. The van der Waals surface area contributed by atoms with Gasteiger partial charge in [-0.1, -0.05) is 31.9 Å². The molecule has 0 aromatic carbocycles. The molecule has 1 aliphatic rings. The first-order chi connectivity index (χ1) is 3.55. The SMILES string of the molecule is CC1=NC(=O)C1(Br)Br. The summed E-state index contributed by atoms with van der Waals surface area (Å²) >= 11 is 6.26. The lowest BCUT2D eigenvalue weighted by atomic mass is 10.2. The van der Waals surface area contributed by atoms with E-state index in [0.29, 0.717) is 0 Å². The second kappa shape index (κ2) is 1.64. The van der Waals surface area contributed by atoms with Crippen molar-refractivity contribution in [1.29, 1.82) is 0 Å². The summed E-state index contributed by atoms with van der Waals surface area (Å²) in [4.78, 5) is 14.0. The van der Waals surface area contributed by atoms with E-state index in [2.05, 4.69) is 36.9 Å². The molecule has 1 heterocycles. The highest BCUT2D eigenvalue weighted by Gasteiger charge is 2.43. The number of carbonyl (C=O) groups is 1. The average molecular weight is 241 g/mol. The van der Waals surface area contributed by atoms with E-state index < -0.39 is 3.23 Å². The molecule has 44 valence electrons. The van der Waals surface area contributed by atoms with Gasteiger partial charge >= 0.3 is 0 Å². The van der Waals surface area contributed by atoms with Crippen LogP contribution in [0.4, 0.5) is 0 Å². The summed E-state index contributed by atoms with van der Waals surface area (Å²) in [5.74, 6) is -0.157. The molecule has 0 saturated heterocycles. The van der Waals surface area contributed by atoms with Crippen molar-refractivity contribution in [3.05, 3.63) is 0 Å². The summed E-state index contributed by atoms with van der Waals surface area (Å²) in [6.07, 6.45) is 0. The molecular formula is C4H3Br2NO. The minimum Gasteiger partial charge on any atom is -0.269 e. The van der Waals surface area contributed by atoms with Gasteiger partial charge in [-0.05, 0) is 6.92 Å². The zero-order chi connectivity index (χ0) is 6.36. The van der Waals surface area contributed by atoms with Crippen LogP contribution in [0.3, 0.4) is 0 Å². The first-order valence-corrected chi connectivity index (χ1v) is 3.62. The van der Waals surface area contributed by atoms with Gasteiger partial charge < -0.3 is 0 Å². The Kier molecular flexibility index (Phi) is 1.31. The van der Waals surface area contributed by atoms with Gasteiger partial charge in [-0.15, -0.1) is 0 Å². The van der Waals surface area contributed by atoms with Gasteiger partial charge in [0.25, 0.3) is 5.91 Å². The van der Waals surface area contributed by atoms with E-state index in [1.54, 1.807) is 6.92 Å². The van der Waals surface area contributed by atoms with Crippen LogP contribution in [-0.4, -0.2) is 14.9 Å². The molecule has 0 spiro atoms. The highest BCUT2D eigenvalue weighted by molar-refractivity contribution is 9.26. The molecular weight excluding hydrogens is 238 g/mol. The lowest BCUT2D eigenvalue weighted by Crippen LogP contribution is -2.41. The Morgan fingerprint density at radius 3 is 2.12 bits per heavy atom. The molecule has 0 aromatic heterocycles. The van der Waals surface area contributed by atoms with Crippen molar-refractivity contribution in [2.24, 2.45) is 4.99 Å². The van der Waals surface area contributed by atoms with E-state index >= 15 is 0 Å². The Hall–Kier alpha value is 0.300. The second-order valence-electron chi connectivity index (χ2n) is 1.58. The molecule has 1 amide bonds. The molecule has 0 radical (unpaired) electrons. The molecule has 1 aliphatic heterocycles.